The number of hydrogen-bond donors (Lipinski definition) is 10. The van der Waals surface area contributed by atoms with E-state index in [0.29, 0.717) is 0 Å². The van der Waals surface area contributed by atoms with Crippen molar-refractivity contribution in [3.05, 3.63) is 0 Å². The van der Waals surface area contributed by atoms with Gasteiger partial charge < -0.3 is 47.4 Å². The van der Waals surface area contributed by atoms with Crippen molar-refractivity contribution in [1.82, 2.24) is 21.3 Å². The van der Waals surface area contributed by atoms with Crippen molar-refractivity contribution in [1.29, 1.82) is 0 Å². The number of carboxylic acids is 4. The van der Waals surface area contributed by atoms with Gasteiger partial charge in [0.2, 0.25) is 23.6 Å². The first-order valence-corrected chi connectivity index (χ1v) is 11.2. The Balaban J connectivity index is 5.63. The van der Waals surface area contributed by atoms with Gasteiger partial charge in [-0.05, 0) is 12.8 Å². The molecule has 37 heavy (non-hydrogen) atoms. The van der Waals surface area contributed by atoms with Crippen molar-refractivity contribution in [2.24, 2.45) is 5.73 Å². The molecule has 0 radical (unpaired) electrons. The molecule has 0 fully saturated rings. The average molecular weight is 552 g/mol. The maximum atomic E-state index is 12.8. The molecule has 0 aliphatic heterocycles. The van der Waals surface area contributed by atoms with Crippen molar-refractivity contribution >= 4 is 60.1 Å². The molecule has 0 aromatic rings. The average Bonchev–Trinajstić information content (AvgIpc) is 2.80. The van der Waals surface area contributed by atoms with Crippen molar-refractivity contribution in [3.63, 3.8) is 0 Å². The second-order valence-corrected chi connectivity index (χ2v) is 7.86. The molecule has 0 aromatic carbocycles. The van der Waals surface area contributed by atoms with Crippen LogP contribution in [0.1, 0.15) is 32.1 Å². The van der Waals surface area contributed by atoms with E-state index in [1.54, 1.807) is 0 Å². The molecule has 17 nitrogen and oxygen atoms in total. The third-order valence-corrected chi connectivity index (χ3v) is 4.94. The number of nitrogens with two attached hydrogens (primary N) is 1. The minimum Gasteiger partial charge on any atom is -0.481 e. The number of nitrogens with one attached hydrogen (secondary N) is 4. The number of aliphatic carboxylic acids is 4. The van der Waals surface area contributed by atoms with Crippen LogP contribution in [0.25, 0.3) is 0 Å². The first-order chi connectivity index (χ1) is 17.2. The van der Waals surface area contributed by atoms with Crippen LogP contribution in [-0.4, -0.2) is 104 Å². The monoisotopic (exact) mass is 551 g/mol. The Morgan fingerprint density at radius 2 is 1.03 bits per heavy atom. The van der Waals surface area contributed by atoms with Gasteiger partial charge in [0.05, 0.1) is 13.0 Å². The summed E-state index contributed by atoms with van der Waals surface area (Å²) in [5, 5.41) is 44.1. The zero-order valence-electron chi connectivity index (χ0n) is 19.3. The van der Waals surface area contributed by atoms with Crippen LogP contribution in [0, 0.1) is 0 Å². The fourth-order valence-corrected chi connectivity index (χ4v) is 2.97. The molecule has 0 aromatic heterocycles. The van der Waals surface area contributed by atoms with E-state index in [1.165, 1.54) is 0 Å². The van der Waals surface area contributed by atoms with Gasteiger partial charge in [-0.3, -0.25) is 33.6 Å². The van der Waals surface area contributed by atoms with Crippen LogP contribution >= 0.6 is 12.6 Å². The minimum atomic E-state index is -1.83. The number of carboxylic acid groups (broad SMARTS) is 4. The Morgan fingerprint density at radius 1 is 0.622 bits per heavy atom. The zero-order chi connectivity index (χ0) is 28.7. The summed E-state index contributed by atoms with van der Waals surface area (Å²) < 4.78 is 0. The van der Waals surface area contributed by atoms with Gasteiger partial charge >= 0.3 is 23.9 Å². The summed E-state index contributed by atoms with van der Waals surface area (Å²) in [4.78, 5) is 93.3. The lowest BCUT2D eigenvalue weighted by molar-refractivity contribution is -0.147. The Hall–Kier alpha value is -3.93. The molecule has 0 aliphatic carbocycles. The Bertz CT molecular complexity index is 899. The molecule has 4 amide bonds. The van der Waals surface area contributed by atoms with Crippen LogP contribution in [0.3, 0.4) is 0 Å². The van der Waals surface area contributed by atoms with E-state index in [-0.39, 0.29) is 6.42 Å². The van der Waals surface area contributed by atoms with Crippen LogP contribution < -0.4 is 27.0 Å². The number of carbonyl (C=O) groups excluding carboxylic acids is 4. The lowest BCUT2D eigenvalue weighted by atomic mass is 10.1. The van der Waals surface area contributed by atoms with Crippen LogP contribution in [0.4, 0.5) is 0 Å². The molecule has 208 valence electrons. The van der Waals surface area contributed by atoms with Crippen molar-refractivity contribution in [2.45, 2.75) is 56.3 Å². The molecule has 0 saturated heterocycles. The van der Waals surface area contributed by atoms with Crippen LogP contribution in [0.5, 0.6) is 0 Å². The topological polar surface area (TPSA) is 292 Å². The first kappa shape index (κ1) is 33.1. The van der Waals surface area contributed by atoms with Gasteiger partial charge in [-0.2, -0.15) is 12.6 Å². The standard InChI is InChI=1S/C19H29N5O12S/c20-6-12(25)21-8(1-3-13(26)27)16(32)22-9(2-4-14(28)29)17(33)24-11(7-37)18(34)23-10(19(35)36)5-15(30)31/h8-11,37H,1-7,20H2,(H,21,25)(H,22,32)(H,23,34)(H,24,33)(H,26,27)(H,28,29)(H,30,31)(H,35,36)/t8-,9-,10-,11-/m0/s1. The van der Waals surface area contributed by atoms with Crippen molar-refractivity contribution < 1.29 is 58.8 Å². The van der Waals surface area contributed by atoms with E-state index in [9.17, 15) is 38.4 Å². The summed E-state index contributed by atoms with van der Waals surface area (Å²) >= 11 is 3.89. The smallest absolute Gasteiger partial charge is 0.326 e. The molecule has 18 heteroatoms. The lowest BCUT2D eigenvalue weighted by Crippen LogP contribution is -2.58. The largest absolute Gasteiger partial charge is 0.481 e. The van der Waals surface area contributed by atoms with Crippen LogP contribution in [0.15, 0.2) is 0 Å². The third-order valence-electron chi connectivity index (χ3n) is 4.57. The predicted octanol–water partition coefficient (Wildman–Crippen LogP) is -3.90. The zero-order valence-corrected chi connectivity index (χ0v) is 20.2. The number of rotatable bonds is 18. The van der Waals surface area contributed by atoms with E-state index in [1.807, 2.05) is 5.32 Å². The highest BCUT2D eigenvalue weighted by molar-refractivity contribution is 7.80. The molecule has 0 spiro atoms. The molecular formula is C19H29N5O12S. The van der Waals surface area contributed by atoms with Crippen molar-refractivity contribution in [3.8, 4) is 0 Å². The number of carbonyl (C=O) groups is 8. The molecule has 0 bridgehead atoms. The van der Waals surface area contributed by atoms with Gasteiger partial charge in [0.15, 0.2) is 0 Å². The number of thiol groups is 1. The summed E-state index contributed by atoms with van der Waals surface area (Å²) in [6.07, 6.45) is -3.00. The molecule has 0 aliphatic rings. The van der Waals surface area contributed by atoms with E-state index >= 15 is 0 Å². The van der Waals surface area contributed by atoms with Gasteiger partial charge in [-0.15, -0.1) is 0 Å². The van der Waals surface area contributed by atoms with Gasteiger partial charge in [-0.1, -0.05) is 0 Å². The van der Waals surface area contributed by atoms with E-state index in [0.717, 1.165) is 0 Å². The second-order valence-electron chi connectivity index (χ2n) is 7.49. The van der Waals surface area contributed by atoms with Gasteiger partial charge in [0.1, 0.15) is 24.2 Å². The maximum Gasteiger partial charge on any atom is 0.326 e. The lowest BCUT2D eigenvalue weighted by Gasteiger charge is -2.25. The van der Waals surface area contributed by atoms with E-state index < -0.39 is 110 Å². The highest BCUT2D eigenvalue weighted by atomic mass is 32.1. The molecule has 0 unspecified atom stereocenters. The summed E-state index contributed by atoms with van der Waals surface area (Å²) in [6.45, 7) is -0.530. The molecule has 0 saturated carbocycles. The third kappa shape index (κ3) is 13.7. The summed E-state index contributed by atoms with van der Waals surface area (Å²) in [5.74, 6) is -10.2. The molecule has 4 atom stereocenters. The van der Waals surface area contributed by atoms with E-state index in [4.69, 9.17) is 26.2 Å². The second kappa shape index (κ2) is 16.7. The van der Waals surface area contributed by atoms with Gasteiger partial charge in [-0.25, -0.2) is 4.79 Å². The minimum absolute atomic E-state index is 0.387. The SMILES string of the molecule is NCC(=O)N[C@@H](CCC(=O)O)C(=O)N[C@@H](CCC(=O)O)C(=O)N[C@@H](CS)C(=O)N[C@@H](CC(=O)O)C(=O)O. The first-order valence-electron chi connectivity index (χ1n) is 10.6. The highest BCUT2D eigenvalue weighted by Crippen LogP contribution is 2.05. The highest BCUT2D eigenvalue weighted by Gasteiger charge is 2.31. The fraction of sp³-hybridized carbons (Fsp3) is 0.579. The normalized spacial score (nSPS) is 13.7. The van der Waals surface area contributed by atoms with Gasteiger partial charge in [0, 0.05) is 18.6 Å². The van der Waals surface area contributed by atoms with Crippen LogP contribution in [0.2, 0.25) is 0 Å². The Morgan fingerprint density at radius 3 is 1.41 bits per heavy atom. The van der Waals surface area contributed by atoms with Gasteiger partial charge in [0.25, 0.3) is 0 Å². The number of hydrogen-bond acceptors (Lipinski definition) is 10. The molecule has 0 rings (SSSR count). The summed E-state index contributed by atoms with van der Waals surface area (Å²) in [5.41, 5.74) is 5.18. The molecular weight excluding hydrogens is 522 g/mol. The van der Waals surface area contributed by atoms with Crippen LogP contribution in [-0.2, 0) is 38.4 Å². The fourth-order valence-electron chi connectivity index (χ4n) is 2.71. The van der Waals surface area contributed by atoms with Crippen molar-refractivity contribution in [2.75, 3.05) is 12.3 Å². The Labute approximate surface area is 214 Å². The van der Waals surface area contributed by atoms with E-state index in [2.05, 4.69) is 28.6 Å². The summed E-state index contributed by atoms with van der Waals surface area (Å²) in [7, 11) is 0. The quantitative estimate of drug-likeness (QED) is 0.0730. The maximum absolute atomic E-state index is 12.8. The molecule has 0 heterocycles. The summed E-state index contributed by atoms with van der Waals surface area (Å²) in [6, 6.07) is -6.37. The Kier molecular flexibility index (Phi) is 14.9. The number of amides is 4. The molecule has 10 N–H and O–H groups in total. The predicted molar refractivity (Wildman–Crippen MR) is 124 cm³/mol.